The van der Waals surface area contributed by atoms with E-state index in [-0.39, 0.29) is 0 Å². The Morgan fingerprint density at radius 2 is 1.87 bits per heavy atom. The van der Waals surface area contributed by atoms with Gasteiger partial charge in [-0.15, -0.1) is 11.8 Å². The summed E-state index contributed by atoms with van der Waals surface area (Å²) in [5.74, 6) is 0.778. The quantitative estimate of drug-likeness (QED) is 0.586. The number of thioether (sulfide) groups is 1. The maximum atomic E-state index is 5.50. The average molecular weight is 246 g/mol. The zero-order valence-corrected chi connectivity index (χ0v) is 11.0. The highest BCUT2D eigenvalue weighted by Gasteiger charge is 2.10. The molecule has 1 aromatic carbocycles. The van der Waals surface area contributed by atoms with Gasteiger partial charge in [0.1, 0.15) is 5.75 Å². The second kappa shape index (κ2) is 6.33. The molecule has 5 heteroatoms. The zero-order chi connectivity index (χ0) is 11.3. The van der Waals surface area contributed by atoms with Gasteiger partial charge >= 0.3 is 8.60 Å². The molecule has 0 heterocycles. The van der Waals surface area contributed by atoms with E-state index in [9.17, 15) is 0 Å². The predicted molar refractivity (Wildman–Crippen MR) is 64.5 cm³/mol. The minimum absolute atomic E-state index is 0.778. The van der Waals surface area contributed by atoms with E-state index in [2.05, 4.69) is 13.2 Å². The minimum atomic E-state index is -1.27. The first kappa shape index (κ1) is 12.8. The molecule has 0 aliphatic heterocycles. The second-order valence-corrected chi connectivity index (χ2v) is 5.02. The summed E-state index contributed by atoms with van der Waals surface area (Å²) >= 11 is 1.72. The first-order valence-electron chi connectivity index (χ1n) is 4.42. The highest BCUT2D eigenvalue weighted by atomic mass is 32.2. The highest BCUT2D eigenvalue weighted by Crippen LogP contribution is 2.39. The number of aryl methyl sites for hydroxylation is 1. The Balaban J connectivity index is 2.74. The Morgan fingerprint density at radius 1 is 1.20 bits per heavy atom. The van der Waals surface area contributed by atoms with Gasteiger partial charge in [0.15, 0.2) is 0 Å². The van der Waals surface area contributed by atoms with Crippen molar-refractivity contribution in [3.8, 4) is 5.75 Å². The summed E-state index contributed by atoms with van der Waals surface area (Å²) in [5.41, 5.74) is 1.20. The molecule has 0 fully saturated rings. The molecule has 15 heavy (non-hydrogen) atoms. The van der Waals surface area contributed by atoms with Crippen molar-refractivity contribution < 1.29 is 13.6 Å². The van der Waals surface area contributed by atoms with Gasteiger partial charge in [-0.1, -0.05) is 0 Å². The zero-order valence-electron chi connectivity index (χ0n) is 9.31. The molecule has 0 aliphatic carbocycles. The summed E-state index contributed by atoms with van der Waals surface area (Å²) in [7, 11) is 1.87. The summed E-state index contributed by atoms with van der Waals surface area (Å²) in [6, 6.07) is 5.94. The molecule has 84 valence electrons. The molecule has 0 radical (unpaired) electrons. The molecule has 0 N–H and O–H groups in total. The van der Waals surface area contributed by atoms with Crippen LogP contribution in [0.25, 0.3) is 0 Å². The number of benzene rings is 1. The van der Waals surface area contributed by atoms with Crippen molar-refractivity contribution in [3.05, 3.63) is 23.8 Å². The van der Waals surface area contributed by atoms with Crippen LogP contribution in [0.4, 0.5) is 0 Å². The lowest BCUT2D eigenvalue weighted by molar-refractivity contribution is 0.277. The maximum Gasteiger partial charge on any atom is 0.396 e. The summed E-state index contributed by atoms with van der Waals surface area (Å²) in [6.07, 6.45) is 2.06. The van der Waals surface area contributed by atoms with Gasteiger partial charge in [0.2, 0.25) is 0 Å². The van der Waals surface area contributed by atoms with Gasteiger partial charge in [-0.25, -0.2) is 0 Å². The molecular formula is C10H15O3PS. The highest BCUT2D eigenvalue weighted by molar-refractivity contribution is 7.98. The van der Waals surface area contributed by atoms with Crippen molar-refractivity contribution in [2.45, 2.75) is 11.8 Å². The molecule has 0 atom stereocenters. The third kappa shape index (κ3) is 3.65. The lowest BCUT2D eigenvalue weighted by Crippen LogP contribution is -1.92. The van der Waals surface area contributed by atoms with Crippen molar-refractivity contribution >= 4 is 20.4 Å². The average Bonchev–Trinajstić information content (AvgIpc) is 2.26. The van der Waals surface area contributed by atoms with Crippen molar-refractivity contribution in [2.75, 3.05) is 20.5 Å². The summed E-state index contributed by atoms with van der Waals surface area (Å²) in [5, 5.41) is 0. The van der Waals surface area contributed by atoms with Crippen LogP contribution >= 0.6 is 20.4 Å². The Hall–Kier alpha value is -0.280. The molecule has 0 aliphatic rings. The molecule has 1 aromatic rings. The van der Waals surface area contributed by atoms with Crippen molar-refractivity contribution in [2.24, 2.45) is 0 Å². The molecule has 0 aromatic heterocycles. The Labute approximate surface area is 96.1 Å². The summed E-state index contributed by atoms with van der Waals surface area (Å²) in [4.78, 5) is 1.25. The van der Waals surface area contributed by atoms with Crippen LogP contribution in [0.5, 0.6) is 5.75 Å². The van der Waals surface area contributed by atoms with Gasteiger partial charge in [0, 0.05) is 19.1 Å². The molecule has 0 saturated heterocycles. The van der Waals surface area contributed by atoms with Crippen LogP contribution in [0.3, 0.4) is 0 Å². The van der Waals surface area contributed by atoms with Crippen LogP contribution < -0.4 is 4.52 Å². The van der Waals surface area contributed by atoms with E-state index in [4.69, 9.17) is 13.6 Å². The third-order valence-electron chi connectivity index (χ3n) is 1.84. The van der Waals surface area contributed by atoms with E-state index < -0.39 is 8.60 Å². The molecular weight excluding hydrogens is 231 g/mol. The second-order valence-electron chi connectivity index (χ2n) is 2.81. The molecule has 3 nitrogen and oxygen atoms in total. The Morgan fingerprint density at radius 3 is 2.33 bits per heavy atom. The molecule has 0 amide bonds. The molecule has 0 unspecified atom stereocenters. The van der Waals surface area contributed by atoms with Crippen molar-refractivity contribution in [1.82, 2.24) is 0 Å². The Kier molecular flexibility index (Phi) is 5.40. The molecule has 0 bridgehead atoms. The fourth-order valence-electron chi connectivity index (χ4n) is 1.14. The van der Waals surface area contributed by atoms with Crippen LogP contribution in [0.2, 0.25) is 0 Å². The SMILES string of the molecule is COP(OC)Oc1ccc(SC)c(C)c1. The smallest absolute Gasteiger partial charge is 0.396 e. The lowest BCUT2D eigenvalue weighted by Gasteiger charge is -2.13. The monoisotopic (exact) mass is 246 g/mol. The number of rotatable bonds is 5. The van der Waals surface area contributed by atoms with Crippen LogP contribution in [0.15, 0.2) is 23.1 Å². The largest absolute Gasteiger partial charge is 0.427 e. The first-order chi connectivity index (χ1) is 7.21. The van der Waals surface area contributed by atoms with Crippen LogP contribution in [0, 0.1) is 6.92 Å². The molecule has 1 rings (SSSR count). The normalized spacial score (nSPS) is 10.7. The van der Waals surface area contributed by atoms with Gasteiger partial charge in [0.25, 0.3) is 0 Å². The van der Waals surface area contributed by atoms with Gasteiger partial charge in [0.05, 0.1) is 0 Å². The molecule has 0 spiro atoms. The topological polar surface area (TPSA) is 27.7 Å². The van der Waals surface area contributed by atoms with E-state index in [1.54, 1.807) is 26.0 Å². The van der Waals surface area contributed by atoms with Gasteiger partial charge in [-0.3, -0.25) is 0 Å². The fraction of sp³-hybridized carbons (Fsp3) is 0.400. The van der Waals surface area contributed by atoms with Gasteiger partial charge in [-0.2, -0.15) is 0 Å². The molecule has 0 saturated carbocycles. The van der Waals surface area contributed by atoms with Crippen LogP contribution in [-0.4, -0.2) is 20.5 Å². The van der Waals surface area contributed by atoms with E-state index in [1.165, 1.54) is 10.5 Å². The number of hydrogen-bond donors (Lipinski definition) is 0. The van der Waals surface area contributed by atoms with Crippen LogP contribution in [-0.2, 0) is 9.05 Å². The summed E-state index contributed by atoms with van der Waals surface area (Å²) in [6.45, 7) is 2.06. The fourth-order valence-corrected chi connectivity index (χ4v) is 2.31. The lowest BCUT2D eigenvalue weighted by atomic mass is 10.2. The van der Waals surface area contributed by atoms with Crippen LogP contribution in [0.1, 0.15) is 5.56 Å². The van der Waals surface area contributed by atoms with E-state index in [0.29, 0.717) is 0 Å². The van der Waals surface area contributed by atoms with E-state index >= 15 is 0 Å². The standard InChI is InChI=1S/C10H15O3PS/c1-8-7-9(5-6-10(8)15-4)13-14(11-2)12-3/h5-7H,1-4H3. The van der Waals surface area contributed by atoms with Gasteiger partial charge < -0.3 is 13.6 Å². The first-order valence-corrected chi connectivity index (χ1v) is 6.74. The Bertz CT molecular complexity index is 316. The maximum absolute atomic E-state index is 5.50. The summed E-state index contributed by atoms with van der Waals surface area (Å²) < 4.78 is 15.5. The predicted octanol–water partition coefficient (Wildman–Crippen LogP) is 3.62. The third-order valence-corrected chi connectivity index (χ3v) is 3.70. The van der Waals surface area contributed by atoms with Crippen molar-refractivity contribution in [1.29, 1.82) is 0 Å². The van der Waals surface area contributed by atoms with Crippen molar-refractivity contribution in [3.63, 3.8) is 0 Å². The van der Waals surface area contributed by atoms with E-state index in [0.717, 1.165) is 5.75 Å². The number of hydrogen-bond acceptors (Lipinski definition) is 4. The van der Waals surface area contributed by atoms with E-state index in [1.807, 2.05) is 18.2 Å². The van der Waals surface area contributed by atoms with Gasteiger partial charge in [-0.05, 0) is 36.9 Å². The minimum Gasteiger partial charge on any atom is -0.427 e.